The van der Waals surface area contributed by atoms with Gasteiger partial charge in [-0.1, -0.05) is 46.9 Å². The van der Waals surface area contributed by atoms with E-state index in [2.05, 4.69) is 33.9 Å². The minimum Gasteiger partial charge on any atom is -0.476 e. The van der Waals surface area contributed by atoms with Gasteiger partial charge in [0.25, 0.3) is 0 Å². The van der Waals surface area contributed by atoms with Crippen LogP contribution in [0, 0.1) is 11.3 Å². The number of hydrogen-bond donors (Lipinski definition) is 1. The second kappa shape index (κ2) is 9.19. The van der Waals surface area contributed by atoms with Gasteiger partial charge in [0.2, 0.25) is 0 Å². The molecule has 0 bridgehead atoms. The highest BCUT2D eigenvalue weighted by molar-refractivity contribution is 9.10. The number of fused-ring (bicyclic) bond motifs is 1. The van der Waals surface area contributed by atoms with Crippen LogP contribution in [0.2, 0.25) is 5.15 Å². The summed E-state index contributed by atoms with van der Waals surface area (Å²) < 4.78 is 7.81. The quantitative estimate of drug-likeness (QED) is 0.300. The van der Waals surface area contributed by atoms with Gasteiger partial charge >= 0.3 is 5.97 Å². The van der Waals surface area contributed by atoms with Crippen LogP contribution in [0.15, 0.2) is 51.7 Å². The van der Waals surface area contributed by atoms with E-state index < -0.39 is 5.97 Å². The average Bonchev–Trinajstić information content (AvgIpc) is 3.29. The predicted molar refractivity (Wildman–Crippen MR) is 125 cm³/mol. The van der Waals surface area contributed by atoms with E-state index in [0.29, 0.717) is 17.8 Å². The zero-order valence-corrected chi connectivity index (χ0v) is 19.6. The summed E-state index contributed by atoms with van der Waals surface area (Å²) in [6.45, 7) is 2.31. The van der Waals surface area contributed by atoms with Crippen LogP contribution in [0.25, 0.3) is 22.3 Å². The molecule has 8 heteroatoms. The number of aromatic nitrogens is 2. The molecule has 0 fully saturated rings. The van der Waals surface area contributed by atoms with Crippen LogP contribution in [-0.2, 0) is 13.0 Å². The molecule has 0 unspecified atom stereocenters. The van der Waals surface area contributed by atoms with Gasteiger partial charge in [-0.05, 0) is 47.4 Å². The Kier molecular flexibility index (Phi) is 6.35. The summed E-state index contributed by atoms with van der Waals surface area (Å²) in [6.07, 6.45) is 5.65. The number of benzene rings is 1. The molecule has 0 spiro atoms. The summed E-state index contributed by atoms with van der Waals surface area (Å²) in [6, 6.07) is 11.5. The molecule has 0 saturated carbocycles. The minimum absolute atomic E-state index is 0.0189. The van der Waals surface area contributed by atoms with Crippen LogP contribution in [0.4, 0.5) is 0 Å². The van der Waals surface area contributed by atoms with Gasteiger partial charge < -0.3 is 14.1 Å². The number of unbranched alkanes of at least 4 members (excludes halogenated alkanes) is 1. The van der Waals surface area contributed by atoms with Gasteiger partial charge in [-0.3, -0.25) is 0 Å². The van der Waals surface area contributed by atoms with Crippen molar-refractivity contribution in [2.24, 2.45) is 0 Å². The monoisotopic (exact) mass is 511 g/mol. The summed E-state index contributed by atoms with van der Waals surface area (Å²) in [4.78, 5) is 16.4. The Morgan fingerprint density at radius 3 is 2.88 bits per heavy atom. The minimum atomic E-state index is -1.13. The van der Waals surface area contributed by atoms with E-state index in [4.69, 9.17) is 16.0 Å². The van der Waals surface area contributed by atoms with Crippen LogP contribution in [0.1, 0.15) is 47.2 Å². The highest BCUT2D eigenvalue weighted by Gasteiger charge is 2.26. The maximum atomic E-state index is 12.0. The first-order chi connectivity index (χ1) is 15.5. The first-order valence-electron chi connectivity index (χ1n) is 10.1. The lowest BCUT2D eigenvalue weighted by Crippen LogP contribution is -2.13. The molecule has 1 aliphatic carbocycles. The molecule has 1 aromatic heterocycles. The lowest BCUT2D eigenvalue weighted by molar-refractivity contribution is 0.0685. The Bertz CT molecular complexity index is 1320. The summed E-state index contributed by atoms with van der Waals surface area (Å²) in [7, 11) is 0. The van der Waals surface area contributed by atoms with Gasteiger partial charge in [0.1, 0.15) is 5.82 Å². The van der Waals surface area contributed by atoms with Gasteiger partial charge in [0.15, 0.2) is 10.8 Å². The van der Waals surface area contributed by atoms with Crippen molar-refractivity contribution in [3.63, 3.8) is 0 Å². The standard InChI is InChI=1S/C24H19BrClN3O3/c1-2-3-7-20-28-23(26)22(24(30)31)29(20)12-18-16-8-9-32-13-15(16)10-17(18)21-14(11-27)5-4-6-19(21)25/h4-6,8-10,13H,2-3,7,12H2,1H3,(H,30,31). The van der Waals surface area contributed by atoms with Crippen molar-refractivity contribution >= 4 is 33.5 Å². The van der Waals surface area contributed by atoms with Crippen LogP contribution >= 0.6 is 27.5 Å². The molecule has 1 aromatic carbocycles. The van der Waals surface area contributed by atoms with Gasteiger partial charge in [0, 0.05) is 22.0 Å². The Balaban J connectivity index is 1.96. The van der Waals surface area contributed by atoms with Crippen molar-refractivity contribution < 1.29 is 14.3 Å². The number of carboxylic acids is 1. The van der Waals surface area contributed by atoms with E-state index in [0.717, 1.165) is 45.1 Å². The van der Waals surface area contributed by atoms with Crippen molar-refractivity contribution in [1.82, 2.24) is 9.55 Å². The molecule has 2 aliphatic rings. The van der Waals surface area contributed by atoms with Crippen LogP contribution in [0.5, 0.6) is 0 Å². The maximum absolute atomic E-state index is 12.0. The fourth-order valence-electron chi connectivity index (χ4n) is 3.96. The molecular formula is C24H19BrClN3O3. The number of aromatic carboxylic acids is 1. The van der Waals surface area contributed by atoms with Gasteiger partial charge in [-0.15, -0.1) is 0 Å². The number of nitriles is 1. The van der Waals surface area contributed by atoms with E-state index >= 15 is 0 Å². The van der Waals surface area contributed by atoms with Gasteiger partial charge in [-0.25, -0.2) is 9.78 Å². The number of carbonyl (C=O) groups is 1. The van der Waals surface area contributed by atoms with Crippen LogP contribution in [-0.4, -0.2) is 20.6 Å². The van der Waals surface area contributed by atoms with E-state index in [1.807, 2.05) is 24.3 Å². The lowest BCUT2D eigenvalue weighted by atomic mass is 9.98. The molecule has 0 saturated heterocycles. The lowest BCUT2D eigenvalue weighted by Gasteiger charge is -2.14. The van der Waals surface area contributed by atoms with Crippen molar-refractivity contribution in [2.75, 3.05) is 0 Å². The summed E-state index contributed by atoms with van der Waals surface area (Å²) in [5.74, 6) is -0.501. The number of rotatable bonds is 7. The fourth-order valence-corrected chi connectivity index (χ4v) is 4.82. The smallest absolute Gasteiger partial charge is 0.355 e. The maximum Gasteiger partial charge on any atom is 0.355 e. The number of halogens is 2. The summed E-state index contributed by atoms with van der Waals surface area (Å²) >= 11 is 9.82. The Labute approximate surface area is 198 Å². The van der Waals surface area contributed by atoms with E-state index in [1.165, 1.54) is 0 Å². The second-order valence-electron chi connectivity index (χ2n) is 7.40. The largest absolute Gasteiger partial charge is 0.476 e. The Hall–Kier alpha value is -3.08. The molecule has 1 aliphatic heterocycles. The number of aryl methyl sites for hydroxylation is 1. The molecule has 0 atom stereocenters. The SMILES string of the molecule is CCCCc1nc(Cl)c(C(=O)O)n1Cc1c2ccocc-2cc1-c1c(Br)cccc1C#N. The third kappa shape index (κ3) is 3.92. The van der Waals surface area contributed by atoms with Crippen LogP contribution in [0.3, 0.4) is 0 Å². The molecule has 1 N–H and O–H groups in total. The summed E-state index contributed by atoms with van der Waals surface area (Å²) in [5, 5.41) is 19.5. The van der Waals surface area contributed by atoms with Crippen molar-refractivity contribution in [3.05, 3.63) is 75.1 Å². The third-order valence-electron chi connectivity index (χ3n) is 5.45. The topological polar surface area (TPSA) is 92.0 Å². The number of hydrogen-bond acceptors (Lipinski definition) is 4. The molecule has 6 nitrogen and oxygen atoms in total. The molecule has 4 rings (SSSR count). The average molecular weight is 513 g/mol. The highest BCUT2D eigenvalue weighted by atomic mass is 79.9. The first-order valence-corrected chi connectivity index (χ1v) is 11.3. The molecule has 2 aromatic rings. The summed E-state index contributed by atoms with van der Waals surface area (Å²) in [5.41, 5.74) is 4.69. The molecule has 0 radical (unpaired) electrons. The highest BCUT2D eigenvalue weighted by Crippen LogP contribution is 2.42. The van der Waals surface area contributed by atoms with Crippen molar-refractivity contribution in [2.45, 2.75) is 32.7 Å². The molecule has 0 amide bonds. The molecule has 32 heavy (non-hydrogen) atoms. The van der Waals surface area contributed by atoms with E-state index in [1.54, 1.807) is 23.2 Å². The second-order valence-corrected chi connectivity index (χ2v) is 8.61. The first kappa shape index (κ1) is 22.1. The zero-order chi connectivity index (χ0) is 22.8. The molecular weight excluding hydrogens is 494 g/mol. The number of nitrogens with zero attached hydrogens (tertiary/aromatic N) is 3. The Morgan fingerprint density at radius 1 is 1.34 bits per heavy atom. The Morgan fingerprint density at radius 2 is 2.16 bits per heavy atom. The number of carboxylic acid groups (broad SMARTS) is 1. The fraction of sp³-hybridized carbons (Fsp3) is 0.208. The van der Waals surface area contributed by atoms with E-state index in [-0.39, 0.29) is 17.4 Å². The van der Waals surface area contributed by atoms with Crippen molar-refractivity contribution in [1.29, 1.82) is 5.26 Å². The zero-order valence-electron chi connectivity index (χ0n) is 17.2. The van der Waals surface area contributed by atoms with Crippen LogP contribution < -0.4 is 0 Å². The molecule has 162 valence electrons. The van der Waals surface area contributed by atoms with Crippen molar-refractivity contribution in [3.8, 4) is 28.3 Å². The number of imidazole rings is 1. The third-order valence-corrected chi connectivity index (χ3v) is 6.37. The van der Waals surface area contributed by atoms with Gasteiger partial charge in [-0.2, -0.15) is 5.26 Å². The van der Waals surface area contributed by atoms with E-state index in [9.17, 15) is 15.2 Å². The molecule has 2 heterocycles. The predicted octanol–water partition coefficient (Wildman–Crippen LogP) is 6.62. The van der Waals surface area contributed by atoms with Gasteiger partial charge in [0.05, 0.1) is 30.7 Å². The normalized spacial score (nSPS) is 11.1.